The fourth-order valence-corrected chi connectivity index (χ4v) is 1.59. The molecule has 16 heavy (non-hydrogen) atoms. The average molecular weight is 209 g/mol. The van der Waals surface area contributed by atoms with Gasteiger partial charge in [0.15, 0.2) is 0 Å². The third-order valence-electron chi connectivity index (χ3n) is 2.53. The van der Waals surface area contributed by atoms with E-state index in [1.54, 1.807) is 7.11 Å². The Morgan fingerprint density at radius 2 is 1.62 bits per heavy atom. The topological polar surface area (TPSA) is 9.23 Å². The molecule has 0 saturated heterocycles. The lowest BCUT2D eigenvalue weighted by Crippen LogP contribution is -2.15. The summed E-state index contributed by atoms with van der Waals surface area (Å²) in [5, 5.41) is 0. The first-order valence-electron chi connectivity index (χ1n) is 5.39. The van der Waals surface area contributed by atoms with Gasteiger partial charge in [0.1, 0.15) is 5.75 Å². The third kappa shape index (κ3) is 2.90. The number of methoxy groups -OCH3 is 1. The van der Waals surface area contributed by atoms with E-state index in [2.05, 4.69) is 43.7 Å². The molecular weight excluding hydrogens is 195 g/mol. The minimum absolute atomic E-state index is 0.900. The van der Waals surface area contributed by atoms with Crippen LogP contribution in [0.4, 0.5) is 0 Å². The van der Waals surface area contributed by atoms with Gasteiger partial charge in [0.25, 0.3) is 0 Å². The normalized spacial score (nSPS) is 10.1. The number of rotatable bonds is 4. The maximum atomic E-state index is 5.12. The summed E-state index contributed by atoms with van der Waals surface area (Å²) in [4.78, 5) is 0. The zero-order valence-electron chi connectivity index (χ0n) is 9.39. The highest BCUT2D eigenvalue weighted by Crippen LogP contribution is 2.05. The van der Waals surface area contributed by atoms with Crippen LogP contribution in [0.5, 0.6) is 5.75 Å². The number of hydrogen-bond donors (Lipinski definition) is 0. The molecule has 0 N–H and O–H groups in total. The van der Waals surface area contributed by atoms with Crippen LogP contribution in [0.15, 0.2) is 54.6 Å². The van der Waals surface area contributed by atoms with E-state index in [0.717, 1.165) is 12.1 Å². The molecule has 0 aliphatic carbocycles. The van der Waals surface area contributed by atoms with E-state index in [4.69, 9.17) is 4.74 Å². The maximum Gasteiger partial charge on any atom is 0.118 e. The van der Waals surface area contributed by atoms with E-state index in [1.807, 2.05) is 18.2 Å². The lowest BCUT2D eigenvalue weighted by molar-refractivity contribution is 0.415. The van der Waals surface area contributed by atoms with Crippen molar-refractivity contribution in [3.63, 3.8) is 0 Å². The fourth-order valence-electron chi connectivity index (χ4n) is 1.59. The summed E-state index contributed by atoms with van der Waals surface area (Å²) in [7, 11) is 3.90. The molecule has 0 heterocycles. The lowest BCUT2D eigenvalue weighted by Gasteiger charge is -2.16. The van der Waals surface area contributed by atoms with Crippen LogP contribution < -0.4 is 10.2 Å². The van der Waals surface area contributed by atoms with Crippen molar-refractivity contribution in [3.05, 3.63) is 60.2 Å². The third-order valence-corrected chi connectivity index (χ3v) is 2.53. The summed E-state index contributed by atoms with van der Waals surface area (Å²) in [5.74, 6) is 0.900. The molecule has 0 spiro atoms. The molecular formula is C14H14BO-. The highest BCUT2D eigenvalue weighted by Gasteiger charge is 1.86. The molecule has 1 nitrogen and oxygen atoms in total. The van der Waals surface area contributed by atoms with Crippen LogP contribution >= 0.6 is 0 Å². The smallest absolute Gasteiger partial charge is 0.118 e. The largest absolute Gasteiger partial charge is 0.497 e. The average Bonchev–Trinajstić information content (AvgIpc) is 2.38. The first kappa shape index (κ1) is 10.8. The fraction of sp³-hybridized carbons (Fsp3) is 0.143. The van der Waals surface area contributed by atoms with E-state index in [9.17, 15) is 0 Å². The summed E-state index contributed by atoms with van der Waals surface area (Å²) >= 11 is 0. The molecule has 0 unspecified atom stereocenters. The second-order valence-electron chi connectivity index (χ2n) is 3.67. The summed E-state index contributed by atoms with van der Waals surface area (Å²) in [5.41, 5.74) is 2.56. The van der Waals surface area contributed by atoms with Gasteiger partial charge in [-0.05, 0) is 12.1 Å². The highest BCUT2D eigenvalue weighted by atomic mass is 16.5. The Bertz CT molecular complexity index is 422. The number of benzene rings is 2. The minimum Gasteiger partial charge on any atom is -0.497 e. The summed E-state index contributed by atoms with van der Waals surface area (Å²) in [6.45, 7) is 0. The van der Waals surface area contributed by atoms with Crippen LogP contribution in [0.3, 0.4) is 0 Å². The number of ether oxygens (including phenoxy) is 1. The Labute approximate surface area is 97.3 Å². The summed E-state index contributed by atoms with van der Waals surface area (Å²) in [6, 6.07) is 18.6. The zero-order valence-corrected chi connectivity index (χ0v) is 9.39. The van der Waals surface area contributed by atoms with Crippen molar-refractivity contribution in [1.82, 2.24) is 0 Å². The monoisotopic (exact) mass is 209 g/mol. The zero-order chi connectivity index (χ0) is 11.2. The molecule has 2 aromatic rings. The van der Waals surface area contributed by atoms with E-state index in [-0.39, 0.29) is 0 Å². The molecule has 0 aromatic heterocycles. The highest BCUT2D eigenvalue weighted by molar-refractivity contribution is 6.52. The quantitative estimate of drug-likeness (QED) is 0.701. The predicted molar refractivity (Wildman–Crippen MR) is 68.5 cm³/mol. The molecule has 2 aromatic carbocycles. The van der Waals surface area contributed by atoms with Gasteiger partial charge < -0.3 is 4.74 Å². The Hall–Kier alpha value is -1.70. The second kappa shape index (κ2) is 5.41. The van der Waals surface area contributed by atoms with Crippen LogP contribution in [0.1, 0.15) is 5.56 Å². The van der Waals surface area contributed by atoms with Gasteiger partial charge in [-0.15, -0.1) is 0 Å². The molecule has 0 saturated carbocycles. The molecule has 2 radical (unpaired) electrons. The molecule has 0 amide bonds. The Kier molecular flexibility index (Phi) is 3.65. The van der Waals surface area contributed by atoms with Gasteiger partial charge in [0.05, 0.1) is 7.11 Å². The van der Waals surface area contributed by atoms with Gasteiger partial charge in [0.2, 0.25) is 0 Å². The van der Waals surface area contributed by atoms with E-state index < -0.39 is 0 Å². The van der Waals surface area contributed by atoms with Crippen molar-refractivity contribution >= 4 is 12.7 Å². The minimum atomic E-state index is 0.900. The first-order valence-corrected chi connectivity index (χ1v) is 5.39. The van der Waals surface area contributed by atoms with Gasteiger partial charge in [-0.25, -0.2) is 6.32 Å². The van der Waals surface area contributed by atoms with Crippen LogP contribution in [-0.4, -0.2) is 14.4 Å². The maximum absolute atomic E-state index is 5.12. The molecule has 80 valence electrons. The molecule has 0 aliphatic rings. The Balaban J connectivity index is 1.94. The van der Waals surface area contributed by atoms with Crippen LogP contribution in [0, 0.1) is 0 Å². The SMILES string of the molecule is COc1ccc([B-]Cc2ccccc2)cc1. The van der Waals surface area contributed by atoms with Crippen molar-refractivity contribution < 1.29 is 4.74 Å². The van der Waals surface area contributed by atoms with Crippen molar-refractivity contribution in [2.24, 2.45) is 0 Å². The van der Waals surface area contributed by atoms with Crippen molar-refractivity contribution in [3.8, 4) is 5.75 Å². The summed E-state index contributed by atoms with van der Waals surface area (Å²) < 4.78 is 5.12. The van der Waals surface area contributed by atoms with Gasteiger partial charge in [0, 0.05) is 0 Å². The van der Waals surface area contributed by atoms with E-state index in [1.165, 1.54) is 11.0 Å². The van der Waals surface area contributed by atoms with Gasteiger partial charge in [-0.1, -0.05) is 48.0 Å². The second-order valence-corrected chi connectivity index (χ2v) is 3.67. The van der Waals surface area contributed by atoms with Gasteiger partial charge >= 0.3 is 0 Å². The standard InChI is InChI=1S/C14H14BO/c1-16-14-9-7-13(8-10-14)15-11-12-5-3-2-4-6-12/h2-10H,11H2,1H3/q-1. The van der Waals surface area contributed by atoms with Crippen molar-refractivity contribution in [2.75, 3.05) is 7.11 Å². The first-order chi connectivity index (χ1) is 7.88. The molecule has 0 bridgehead atoms. The Morgan fingerprint density at radius 1 is 0.938 bits per heavy atom. The van der Waals surface area contributed by atoms with Gasteiger partial charge in [-0.2, -0.15) is 0 Å². The number of hydrogen-bond acceptors (Lipinski definition) is 1. The predicted octanol–water partition coefficient (Wildman–Crippen LogP) is 2.22. The molecule has 0 fully saturated rings. The molecule has 2 rings (SSSR count). The van der Waals surface area contributed by atoms with Crippen LogP contribution in [0.2, 0.25) is 0 Å². The Morgan fingerprint density at radius 3 is 2.25 bits per heavy atom. The van der Waals surface area contributed by atoms with Crippen molar-refractivity contribution in [2.45, 2.75) is 6.32 Å². The van der Waals surface area contributed by atoms with Crippen LogP contribution in [0.25, 0.3) is 0 Å². The molecule has 2 heteroatoms. The molecule has 0 aliphatic heterocycles. The van der Waals surface area contributed by atoms with Crippen LogP contribution in [-0.2, 0) is 6.32 Å². The van der Waals surface area contributed by atoms with Crippen molar-refractivity contribution in [1.29, 1.82) is 0 Å². The van der Waals surface area contributed by atoms with Gasteiger partial charge in [-0.3, -0.25) is 12.7 Å². The van der Waals surface area contributed by atoms with E-state index in [0.29, 0.717) is 0 Å². The molecule has 0 atom stereocenters. The summed E-state index contributed by atoms with van der Waals surface area (Å²) in [6.07, 6.45) is 0.965. The van der Waals surface area contributed by atoms with E-state index >= 15 is 0 Å². The lowest BCUT2D eigenvalue weighted by atomic mass is 9.65.